The maximum atomic E-state index is 5.31. The van der Waals surface area contributed by atoms with Crippen LogP contribution in [0.5, 0.6) is 0 Å². The molecule has 0 amide bonds. The van der Waals surface area contributed by atoms with Crippen molar-refractivity contribution in [2.45, 2.75) is 13.0 Å². The van der Waals surface area contributed by atoms with E-state index in [1.54, 1.807) is 0 Å². The van der Waals surface area contributed by atoms with E-state index in [1.807, 2.05) is 6.92 Å². The highest BCUT2D eigenvalue weighted by Crippen LogP contribution is 1.71. The predicted octanol–water partition coefficient (Wildman–Crippen LogP) is -1.12. The van der Waals surface area contributed by atoms with Gasteiger partial charge in [0.05, 0.1) is 0 Å². The average Bonchev–Trinajstić information content (AvgIpc) is 1.83. The highest BCUT2D eigenvalue weighted by atomic mass is 14.9. The molecule has 0 aromatic carbocycles. The van der Waals surface area contributed by atoms with Crippen LogP contribution >= 0.6 is 0 Å². The molecule has 0 saturated carbocycles. The molecule has 0 spiro atoms. The van der Waals surface area contributed by atoms with E-state index in [-0.39, 0.29) is 0 Å². The third kappa shape index (κ3) is 4.05. The Labute approximate surface area is 50.4 Å². The number of nitrogens with two attached hydrogens (primary N) is 2. The second-order valence-electron chi connectivity index (χ2n) is 1.88. The third-order valence-electron chi connectivity index (χ3n) is 0.991. The molecular formula is C5H15N3. The van der Waals surface area contributed by atoms with E-state index < -0.39 is 0 Å². The van der Waals surface area contributed by atoms with Crippen LogP contribution in [0.25, 0.3) is 0 Å². The molecule has 0 aliphatic rings. The van der Waals surface area contributed by atoms with E-state index in [0.29, 0.717) is 19.1 Å². The Morgan fingerprint density at radius 3 is 2.50 bits per heavy atom. The molecule has 0 aromatic rings. The zero-order valence-corrected chi connectivity index (χ0v) is 5.35. The van der Waals surface area contributed by atoms with E-state index in [0.717, 1.165) is 6.54 Å². The van der Waals surface area contributed by atoms with Crippen molar-refractivity contribution in [2.75, 3.05) is 19.6 Å². The molecule has 0 radical (unpaired) electrons. The molecular weight excluding hydrogens is 102 g/mol. The number of nitrogens with one attached hydrogen (secondary N) is 1. The number of rotatable bonds is 4. The molecule has 0 rings (SSSR count). The minimum Gasteiger partial charge on any atom is -0.329 e. The summed E-state index contributed by atoms with van der Waals surface area (Å²) < 4.78 is 0. The van der Waals surface area contributed by atoms with Crippen molar-refractivity contribution in [1.82, 2.24) is 5.32 Å². The van der Waals surface area contributed by atoms with Crippen molar-refractivity contribution in [3.05, 3.63) is 0 Å². The SMILES string of the molecule is C[C@H](CN)NCCN. The van der Waals surface area contributed by atoms with Crippen molar-refractivity contribution in [3.8, 4) is 0 Å². The topological polar surface area (TPSA) is 64.1 Å². The molecule has 0 aliphatic carbocycles. The lowest BCUT2D eigenvalue weighted by Gasteiger charge is -2.08. The lowest BCUT2D eigenvalue weighted by molar-refractivity contribution is 0.564. The summed E-state index contributed by atoms with van der Waals surface area (Å²) in [7, 11) is 0. The maximum absolute atomic E-state index is 5.31. The maximum Gasteiger partial charge on any atom is 0.0162 e. The molecule has 0 saturated heterocycles. The van der Waals surface area contributed by atoms with Gasteiger partial charge in [0, 0.05) is 25.7 Å². The predicted molar refractivity (Wildman–Crippen MR) is 35.6 cm³/mol. The molecule has 0 bridgehead atoms. The van der Waals surface area contributed by atoms with Crippen LogP contribution in [-0.2, 0) is 0 Å². The fourth-order valence-corrected chi connectivity index (χ4v) is 0.413. The first-order valence-corrected chi connectivity index (χ1v) is 2.94. The molecule has 3 heteroatoms. The van der Waals surface area contributed by atoms with Gasteiger partial charge >= 0.3 is 0 Å². The largest absolute Gasteiger partial charge is 0.329 e. The number of hydrogen-bond acceptors (Lipinski definition) is 3. The van der Waals surface area contributed by atoms with E-state index in [4.69, 9.17) is 11.5 Å². The van der Waals surface area contributed by atoms with Gasteiger partial charge in [0.25, 0.3) is 0 Å². The summed E-state index contributed by atoms with van der Waals surface area (Å²) in [6.45, 7) is 4.26. The van der Waals surface area contributed by atoms with Crippen LogP contribution in [0.15, 0.2) is 0 Å². The minimum atomic E-state index is 0.401. The van der Waals surface area contributed by atoms with Crippen molar-refractivity contribution < 1.29 is 0 Å². The van der Waals surface area contributed by atoms with Crippen molar-refractivity contribution in [2.24, 2.45) is 11.5 Å². The second-order valence-corrected chi connectivity index (χ2v) is 1.88. The first-order valence-electron chi connectivity index (χ1n) is 2.94. The van der Waals surface area contributed by atoms with Gasteiger partial charge in [-0.05, 0) is 6.92 Å². The monoisotopic (exact) mass is 117 g/mol. The number of hydrogen-bond donors (Lipinski definition) is 3. The molecule has 0 fully saturated rings. The Kier molecular flexibility index (Phi) is 4.95. The Balaban J connectivity index is 2.86. The van der Waals surface area contributed by atoms with Crippen LogP contribution in [0.4, 0.5) is 0 Å². The zero-order chi connectivity index (χ0) is 6.41. The van der Waals surface area contributed by atoms with Crippen LogP contribution in [0.2, 0.25) is 0 Å². The van der Waals surface area contributed by atoms with Gasteiger partial charge in [-0.25, -0.2) is 0 Å². The molecule has 8 heavy (non-hydrogen) atoms. The third-order valence-corrected chi connectivity index (χ3v) is 0.991. The summed E-state index contributed by atoms with van der Waals surface area (Å²) in [6, 6.07) is 0.401. The Bertz CT molecular complexity index is 46.9. The van der Waals surface area contributed by atoms with Gasteiger partial charge in [0.1, 0.15) is 0 Å². The lowest BCUT2D eigenvalue weighted by Crippen LogP contribution is -2.36. The zero-order valence-electron chi connectivity index (χ0n) is 5.35. The molecule has 5 N–H and O–H groups in total. The Morgan fingerprint density at radius 1 is 1.50 bits per heavy atom. The lowest BCUT2D eigenvalue weighted by atomic mass is 10.3. The molecule has 0 aromatic heterocycles. The smallest absolute Gasteiger partial charge is 0.0162 e. The van der Waals surface area contributed by atoms with E-state index >= 15 is 0 Å². The normalized spacial score (nSPS) is 13.9. The van der Waals surface area contributed by atoms with Crippen LogP contribution < -0.4 is 16.8 Å². The molecule has 0 heterocycles. The summed E-state index contributed by atoms with van der Waals surface area (Å²) in [5.41, 5.74) is 10.5. The molecule has 0 aliphatic heterocycles. The van der Waals surface area contributed by atoms with Gasteiger partial charge in [-0.15, -0.1) is 0 Å². The second kappa shape index (κ2) is 5.03. The van der Waals surface area contributed by atoms with Gasteiger partial charge in [-0.1, -0.05) is 0 Å². The molecule has 50 valence electrons. The van der Waals surface area contributed by atoms with Crippen LogP contribution in [0.1, 0.15) is 6.92 Å². The first kappa shape index (κ1) is 7.88. The van der Waals surface area contributed by atoms with Gasteiger partial charge < -0.3 is 16.8 Å². The molecule has 0 unspecified atom stereocenters. The highest BCUT2D eigenvalue weighted by Gasteiger charge is 1.92. The fraction of sp³-hybridized carbons (Fsp3) is 1.00. The molecule has 1 atom stereocenters. The first-order chi connectivity index (χ1) is 3.81. The fourth-order valence-electron chi connectivity index (χ4n) is 0.413. The summed E-state index contributed by atoms with van der Waals surface area (Å²) >= 11 is 0. The van der Waals surface area contributed by atoms with Crippen LogP contribution in [0.3, 0.4) is 0 Å². The van der Waals surface area contributed by atoms with Crippen molar-refractivity contribution >= 4 is 0 Å². The van der Waals surface area contributed by atoms with E-state index in [9.17, 15) is 0 Å². The van der Waals surface area contributed by atoms with Crippen LogP contribution in [0, 0.1) is 0 Å². The van der Waals surface area contributed by atoms with Gasteiger partial charge in [-0.2, -0.15) is 0 Å². The van der Waals surface area contributed by atoms with Gasteiger partial charge in [0.15, 0.2) is 0 Å². The molecule has 3 nitrogen and oxygen atoms in total. The minimum absolute atomic E-state index is 0.401. The Morgan fingerprint density at radius 2 is 2.12 bits per heavy atom. The van der Waals surface area contributed by atoms with E-state index in [2.05, 4.69) is 5.32 Å². The van der Waals surface area contributed by atoms with E-state index in [1.165, 1.54) is 0 Å². The summed E-state index contributed by atoms with van der Waals surface area (Å²) in [5.74, 6) is 0. The summed E-state index contributed by atoms with van der Waals surface area (Å²) in [5, 5.41) is 3.13. The average molecular weight is 117 g/mol. The highest BCUT2D eigenvalue weighted by molar-refractivity contribution is 4.59. The summed E-state index contributed by atoms with van der Waals surface area (Å²) in [4.78, 5) is 0. The summed E-state index contributed by atoms with van der Waals surface area (Å²) in [6.07, 6.45) is 0. The van der Waals surface area contributed by atoms with Crippen molar-refractivity contribution in [3.63, 3.8) is 0 Å². The van der Waals surface area contributed by atoms with Gasteiger partial charge in [0.2, 0.25) is 0 Å². The standard InChI is InChI=1S/C5H15N3/c1-5(4-7)8-3-2-6/h5,8H,2-4,6-7H2,1H3/t5-/m1/s1. The Hall–Kier alpha value is -0.120. The van der Waals surface area contributed by atoms with Crippen LogP contribution in [-0.4, -0.2) is 25.7 Å². The van der Waals surface area contributed by atoms with Gasteiger partial charge in [-0.3, -0.25) is 0 Å². The van der Waals surface area contributed by atoms with Crippen molar-refractivity contribution in [1.29, 1.82) is 0 Å². The quantitative estimate of drug-likeness (QED) is 0.437.